The molecule has 0 heterocycles. The van der Waals surface area contributed by atoms with E-state index in [9.17, 15) is 0 Å². The highest BCUT2D eigenvalue weighted by molar-refractivity contribution is 6.70. The Hall–Kier alpha value is -0.826. The molecule has 126 valence electrons. The second-order valence-corrected chi connectivity index (χ2v) is 16.2. The normalized spacial score (nSPS) is 13.8. The molecule has 0 saturated carbocycles. The summed E-state index contributed by atoms with van der Waals surface area (Å²) >= 11 is 0. The van der Waals surface area contributed by atoms with E-state index in [1.54, 1.807) is 7.11 Å². The van der Waals surface area contributed by atoms with Crippen molar-refractivity contribution in [2.45, 2.75) is 45.4 Å². The number of para-hydroxylation sites is 2. The van der Waals surface area contributed by atoms with Gasteiger partial charge in [-0.2, -0.15) is 0 Å². The standard InChI is InChI=1S/C16H30O4Si2/c1-17-15-10-8-9-11-16(15)18-12-14(20-22(5,6)7)13-19-21(2,3)4/h8-11,14H,12-13H2,1-7H3. The van der Waals surface area contributed by atoms with Crippen molar-refractivity contribution in [3.63, 3.8) is 0 Å². The molecule has 4 nitrogen and oxygen atoms in total. The van der Waals surface area contributed by atoms with E-state index in [1.165, 1.54) is 0 Å². The van der Waals surface area contributed by atoms with Gasteiger partial charge in [0.25, 0.3) is 0 Å². The number of hydrogen-bond donors (Lipinski definition) is 0. The minimum absolute atomic E-state index is 0.0525. The van der Waals surface area contributed by atoms with Crippen LogP contribution in [-0.4, -0.2) is 43.1 Å². The van der Waals surface area contributed by atoms with Crippen LogP contribution in [0.15, 0.2) is 24.3 Å². The average molecular weight is 343 g/mol. The monoisotopic (exact) mass is 342 g/mol. The smallest absolute Gasteiger partial charge is 0.184 e. The molecule has 1 unspecified atom stereocenters. The van der Waals surface area contributed by atoms with E-state index in [0.717, 1.165) is 11.5 Å². The van der Waals surface area contributed by atoms with Gasteiger partial charge in [-0.05, 0) is 51.4 Å². The van der Waals surface area contributed by atoms with Crippen LogP contribution in [0.5, 0.6) is 11.5 Å². The third-order valence-corrected chi connectivity index (χ3v) is 4.79. The number of ether oxygens (including phenoxy) is 2. The van der Waals surface area contributed by atoms with Gasteiger partial charge in [0.1, 0.15) is 12.7 Å². The Bertz CT molecular complexity index is 452. The molecule has 1 atom stereocenters. The fourth-order valence-electron chi connectivity index (χ4n) is 1.88. The summed E-state index contributed by atoms with van der Waals surface area (Å²) in [6.45, 7) is 14.1. The zero-order valence-corrected chi connectivity index (χ0v) is 16.9. The van der Waals surface area contributed by atoms with Crippen LogP contribution in [0.1, 0.15) is 0 Å². The Morgan fingerprint density at radius 3 is 1.95 bits per heavy atom. The van der Waals surface area contributed by atoms with Crippen molar-refractivity contribution < 1.29 is 18.3 Å². The maximum atomic E-state index is 6.20. The fourth-order valence-corrected chi connectivity index (χ4v) is 3.70. The van der Waals surface area contributed by atoms with Crippen LogP contribution in [0.2, 0.25) is 39.3 Å². The first-order valence-electron chi connectivity index (χ1n) is 7.68. The summed E-state index contributed by atoms with van der Waals surface area (Å²) in [7, 11) is -1.57. The molecule has 6 heteroatoms. The summed E-state index contributed by atoms with van der Waals surface area (Å²) < 4.78 is 23.4. The van der Waals surface area contributed by atoms with Crippen molar-refractivity contribution in [3.05, 3.63) is 24.3 Å². The Morgan fingerprint density at radius 1 is 0.864 bits per heavy atom. The van der Waals surface area contributed by atoms with Crippen molar-refractivity contribution in [2.75, 3.05) is 20.3 Å². The molecule has 1 aromatic carbocycles. The predicted octanol–water partition coefficient (Wildman–Crippen LogP) is 4.15. The summed E-state index contributed by atoms with van der Waals surface area (Å²) in [5.41, 5.74) is 0. The molecule has 0 bridgehead atoms. The Labute approximate surface area is 137 Å². The van der Waals surface area contributed by atoms with Gasteiger partial charge < -0.3 is 18.3 Å². The average Bonchev–Trinajstić information content (AvgIpc) is 2.40. The van der Waals surface area contributed by atoms with Gasteiger partial charge in [0.05, 0.1) is 13.7 Å². The molecular formula is C16H30O4Si2. The molecule has 0 aliphatic carbocycles. The molecule has 0 radical (unpaired) electrons. The zero-order valence-electron chi connectivity index (χ0n) is 14.9. The lowest BCUT2D eigenvalue weighted by Gasteiger charge is -2.29. The summed E-state index contributed by atoms with van der Waals surface area (Å²) in [4.78, 5) is 0. The van der Waals surface area contributed by atoms with Crippen LogP contribution in [0.3, 0.4) is 0 Å². The number of benzene rings is 1. The minimum Gasteiger partial charge on any atom is -0.493 e. The van der Waals surface area contributed by atoms with E-state index >= 15 is 0 Å². The van der Waals surface area contributed by atoms with Crippen LogP contribution in [-0.2, 0) is 8.85 Å². The first kappa shape index (κ1) is 19.2. The van der Waals surface area contributed by atoms with E-state index in [-0.39, 0.29) is 6.10 Å². The lowest BCUT2D eigenvalue weighted by molar-refractivity contribution is 0.0721. The molecule has 0 spiro atoms. The molecule has 22 heavy (non-hydrogen) atoms. The summed E-state index contributed by atoms with van der Waals surface area (Å²) in [6.07, 6.45) is -0.0525. The highest BCUT2D eigenvalue weighted by atomic mass is 28.4. The van der Waals surface area contributed by atoms with Crippen molar-refractivity contribution in [3.8, 4) is 11.5 Å². The molecule has 0 N–H and O–H groups in total. The van der Waals surface area contributed by atoms with E-state index < -0.39 is 16.6 Å². The molecule has 0 saturated heterocycles. The molecule has 0 aliphatic rings. The highest BCUT2D eigenvalue weighted by Crippen LogP contribution is 2.26. The molecule has 1 aromatic rings. The Kier molecular flexibility index (Phi) is 7.12. The van der Waals surface area contributed by atoms with Gasteiger partial charge in [-0.1, -0.05) is 12.1 Å². The minimum atomic E-state index is -1.65. The summed E-state index contributed by atoms with van der Waals surface area (Å²) in [5.74, 6) is 1.47. The summed E-state index contributed by atoms with van der Waals surface area (Å²) in [6, 6.07) is 7.66. The fraction of sp³-hybridized carbons (Fsp3) is 0.625. The van der Waals surface area contributed by atoms with Gasteiger partial charge >= 0.3 is 0 Å². The number of rotatable bonds is 9. The van der Waals surface area contributed by atoms with Crippen LogP contribution < -0.4 is 9.47 Å². The number of hydrogen-bond acceptors (Lipinski definition) is 4. The van der Waals surface area contributed by atoms with Crippen LogP contribution >= 0.6 is 0 Å². The van der Waals surface area contributed by atoms with Gasteiger partial charge in [-0.15, -0.1) is 0 Å². The molecule has 0 amide bonds. The van der Waals surface area contributed by atoms with Crippen LogP contribution in [0.4, 0.5) is 0 Å². The summed E-state index contributed by atoms with van der Waals surface area (Å²) in [5, 5.41) is 0. The topological polar surface area (TPSA) is 36.9 Å². The van der Waals surface area contributed by atoms with Crippen molar-refractivity contribution in [1.29, 1.82) is 0 Å². The maximum Gasteiger partial charge on any atom is 0.184 e. The van der Waals surface area contributed by atoms with E-state index in [1.807, 2.05) is 24.3 Å². The third kappa shape index (κ3) is 7.98. The molecule has 1 rings (SSSR count). The molecule has 0 fully saturated rings. The third-order valence-electron chi connectivity index (χ3n) is 2.72. The van der Waals surface area contributed by atoms with Gasteiger partial charge in [0, 0.05) is 0 Å². The van der Waals surface area contributed by atoms with Gasteiger partial charge in [-0.25, -0.2) is 0 Å². The van der Waals surface area contributed by atoms with Gasteiger partial charge in [0.15, 0.2) is 28.1 Å². The first-order valence-corrected chi connectivity index (χ1v) is 14.5. The van der Waals surface area contributed by atoms with Gasteiger partial charge in [0.2, 0.25) is 0 Å². The van der Waals surface area contributed by atoms with E-state index in [4.69, 9.17) is 18.3 Å². The van der Waals surface area contributed by atoms with Crippen molar-refractivity contribution >= 4 is 16.6 Å². The molecule has 0 aromatic heterocycles. The SMILES string of the molecule is COc1ccccc1OCC(CO[Si](C)(C)C)O[Si](C)(C)C. The lowest BCUT2D eigenvalue weighted by Crippen LogP contribution is -2.41. The highest BCUT2D eigenvalue weighted by Gasteiger charge is 2.24. The second kappa shape index (κ2) is 8.15. The van der Waals surface area contributed by atoms with Crippen molar-refractivity contribution in [2.24, 2.45) is 0 Å². The number of methoxy groups -OCH3 is 1. The first-order chi connectivity index (χ1) is 10.1. The Morgan fingerprint density at radius 2 is 1.45 bits per heavy atom. The second-order valence-electron chi connectivity index (χ2n) is 7.24. The zero-order chi connectivity index (χ0) is 16.8. The largest absolute Gasteiger partial charge is 0.493 e. The maximum absolute atomic E-state index is 6.20. The van der Waals surface area contributed by atoms with E-state index in [0.29, 0.717) is 13.2 Å². The molecular weight excluding hydrogens is 312 g/mol. The van der Waals surface area contributed by atoms with Crippen molar-refractivity contribution in [1.82, 2.24) is 0 Å². The van der Waals surface area contributed by atoms with Crippen LogP contribution in [0.25, 0.3) is 0 Å². The molecule has 0 aliphatic heterocycles. The lowest BCUT2D eigenvalue weighted by atomic mass is 10.3. The Balaban J connectivity index is 2.67. The predicted molar refractivity (Wildman–Crippen MR) is 96.0 cm³/mol. The van der Waals surface area contributed by atoms with Gasteiger partial charge in [-0.3, -0.25) is 0 Å². The van der Waals surface area contributed by atoms with Crippen LogP contribution in [0, 0.1) is 0 Å². The van der Waals surface area contributed by atoms with E-state index in [2.05, 4.69) is 39.3 Å². The quantitative estimate of drug-likeness (QED) is 0.632.